The highest BCUT2D eigenvalue weighted by molar-refractivity contribution is 9.10. The van der Waals surface area contributed by atoms with Gasteiger partial charge in [0.15, 0.2) is 0 Å². The fourth-order valence-corrected chi connectivity index (χ4v) is 2.55. The second kappa shape index (κ2) is 3.40. The van der Waals surface area contributed by atoms with Gasteiger partial charge >= 0.3 is 0 Å². The van der Waals surface area contributed by atoms with Crippen molar-refractivity contribution in [3.63, 3.8) is 0 Å². The monoisotopic (exact) mass is 276 g/mol. The number of benzene rings is 1. The number of hydrogen-bond donors (Lipinski definition) is 1. The number of fused-ring (bicyclic) bond motifs is 1. The molecule has 1 aliphatic heterocycles. The molecule has 1 atom stereocenters. The predicted molar refractivity (Wildman–Crippen MR) is 59.0 cm³/mol. The largest absolute Gasteiger partial charge is 0.483 e. The Kier molecular flexibility index (Phi) is 2.50. The lowest BCUT2D eigenvalue weighted by Crippen LogP contribution is -2.34. The highest BCUT2D eigenvalue weighted by atomic mass is 79.9. The van der Waals surface area contributed by atoms with Gasteiger partial charge in [-0.2, -0.15) is 0 Å². The summed E-state index contributed by atoms with van der Waals surface area (Å²) in [5.41, 5.74) is 0.521. The Bertz CT molecular complexity index is 381. The summed E-state index contributed by atoms with van der Waals surface area (Å²) in [5, 5.41) is 9.77. The number of hydrogen-bond acceptors (Lipinski definition) is 2. The molecule has 2 rings (SSSR count). The Hall–Kier alpha value is -0.250. The van der Waals surface area contributed by atoms with Crippen LogP contribution in [-0.2, 0) is 6.42 Å². The van der Waals surface area contributed by atoms with E-state index in [1.165, 1.54) is 0 Å². The van der Waals surface area contributed by atoms with Crippen molar-refractivity contribution in [1.29, 1.82) is 0 Å². The Balaban J connectivity index is 2.44. The summed E-state index contributed by atoms with van der Waals surface area (Å²) < 4.78 is 6.56. The second-order valence-electron chi connectivity index (χ2n) is 3.76. The van der Waals surface area contributed by atoms with Crippen LogP contribution in [0.4, 0.5) is 0 Å². The Morgan fingerprint density at radius 3 is 3.00 bits per heavy atom. The number of aliphatic hydroxyl groups excluding tert-OH is 1. The van der Waals surface area contributed by atoms with Gasteiger partial charge in [0.05, 0.1) is 11.6 Å². The molecule has 0 amide bonds. The van der Waals surface area contributed by atoms with E-state index < -0.39 is 5.60 Å². The average Bonchev–Trinajstić information content (AvgIpc) is 2.43. The van der Waals surface area contributed by atoms with E-state index in [0.29, 0.717) is 17.2 Å². The fourth-order valence-electron chi connectivity index (χ4n) is 1.63. The molecular weight excluding hydrogens is 267 g/mol. The summed E-state index contributed by atoms with van der Waals surface area (Å²) >= 11 is 9.40. The molecule has 0 radical (unpaired) electrons. The van der Waals surface area contributed by atoms with Gasteiger partial charge in [-0.15, -0.1) is 0 Å². The molecule has 1 unspecified atom stereocenters. The van der Waals surface area contributed by atoms with Crippen LogP contribution in [0.15, 0.2) is 16.6 Å². The van der Waals surface area contributed by atoms with Crippen LogP contribution in [0.25, 0.3) is 0 Å². The van der Waals surface area contributed by atoms with Crippen molar-refractivity contribution >= 4 is 27.5 Å². The Labute approximate surface area is 96.0 Å². The lowest BCUT2D eigenvalue weighted by Gasteiger charge is -2.20. The molecule has 0 fully saturated rings. The molecule has 1 heterocycles. The standard InChI is InChI=1S/C10H10BrClO2/c1-10(5-13)4-6-2-7(11)3-8(12)9(6)14-10/h2-3,13H,4-5H2,1H3. The maximum Gasteiger partial charge on any atom is 0.142 e. The summed E-state index contributed by atoms with van der Waals surface area (Å²) in [4.78, 5) is 0. The van der Waals surface area contributed by atoms with Crippen molar-refractivity contribution in [1.82, 2.24) is 0 Å². The Morgan fingerprint density at radius 2 is 2.36 bits per heavy atom. The van der Waals surface area contributed by atoms with Gasteiger partial charge in [0.25, 0.3) is 0 Å². The molecule has 1 aromatic rings. The maximum absolute atomic E-state index is 9.18. The number of ether oxygens (including phenoxy) is 1. The van der Waals surface area contributed by atoms with E-state index in [-0.39, 0.29) is 6.61 Å². The van der Waals surface area contributed by atoms with Crippen molar-refractivity contribution in [2.24, 2.45) is 0 Å². The lowest BCUT2D eigenvalue weighted by atomic mass is 10.0. The summed E-state index contributed by atoms with van der Waals surface area (Å²) in [7, 11) is 0. The minimum Gasteiger partial charge on any atom is -0.483 e. The first-order chi connectivity index (χ1) is 6.54. The zero-order valence-corrected chi connectivity index (χ0v) is 10.0. The molecule has 0 saturated carbocycles. The van der Waals surface area contributed by atoms with E-state index in [1.54, 1.807) is 6.07 Å². The minimum absolute atomic E-state index is 0.00434. The topological polar surface area (TPSA) is 29.5 Å². The maximum atomic E-state index is 9.18. The molecule has 0 spiro atoms. The zero-order valence-electron chi connectivity index (χ0n) is 7.68. The van der Waals surface area contributed by atoms with Crippen LogP contribution in [-0.4, -0.2) is 17.3 Å². The third kappa shape index (κ3) is 1.64. The van der Waals surface area contributed by atoms with Gasteiger partial charge in [-0.1, -0.05) is 27.5 Å². The summed E-state index contributed by atoms with van der Waals surface area (Å²) in [6.07, 6.45) is 0.692. The van der Waals surface area contributed by atoms with E-state index >= 15 is 0 Å². The lowest BCUT2D eigenvalue weighted by molar-refractivity contribution is 0.0447. The van der Waals surface area contributed by atoms with Crippen LogP contribution in [0.5, 0.6) is 5.75 Å². The van der Waals surface area contributed by atoms with Gasteiger partial charge in [-0.25, -0.2) is 0 Å². The first-order valence-electron chi connectivity index (χ1n) is 4.32. The summed E-state index contributed by atoms with van der Waals surface area (Å²) in [6, 6.07) is 3.77. The number of rotatable bonds is 1. The van der Waals surface area contributed by atoms with Crippen molar-refractivity contribution < 1.29 is 9.84 Å². The smallest absolute Gasteiger partial charge is 0.142 e. The zero-order chi connectivity index (χ0) is 10.3. The normalized spacial score (nSPS) is 24.6. The van der Waals surface area contributed by atoms with Gasteiger partial charge in [0.1, 0.15) is 11.4 Å². The van der Waals surface area contributed by atoms with Crippen LogP contribution in [0.2, 0.25) is 5.02 Å². The van der Waals surface area contributed by atoms with Gasteiger partial charge in [-0.3, -0.25) is 0 Å². The van der Waals surface area contributed by atoms with Crippen LogP contribution >= 0.6 is 27.5 Å². The van der Waals surface area contributed by atoms with Crippen LogP contribution < -0.4 is 4.74 Å². The molecular formula is C10H10BrClO2. The second-order valence-corrected chi connectivity index (χ2v) is 5.09. The van der Waals surface area contributed by atoms with E-state index in [9.17, 15) is 5.11 Å². The SMILES string of the molecule is CC1(CO)Cc2cc(Br)cc(Cl)c2O1. The van der Waals surface area contributed by atoms with Crippen molar-refractivity contribution in [3.8, 4) is 5.75 Å². The molecule has 0 aliphatic carbocycles. The molecule has 1 N–H and O–H groups in total. The average molecular weight is 278 g/mol. The van der Waals surface area contributed by atoms with Crippen LogP contribution in [0.3, 0.4) is 0 Å². The number of aliphatic hydroxyl groups is 1. The highest BCUT2D eigenvalue weighted by Crippen LogP contribution is 2.41. The number of halogens is 2. The molecule has 2 nitrogen and oxygen atoms in total. The van der Waals surface area contributed by atoms with E-state index in [4.69, 9.17) is 16.3 Å². The molecule has 14 heavy (non-hydrogen) atoms. The third-order valence-corrected chi connectivity index (χ3v) is 3.07. The third-order valence-electron chi connectivity index (χ3n) is 2.33. The van der Waals surface area contributed by atoms with Gasteiger partial charge in [-0.05, 0) is 19.1 Å². The molecule has 1 aliphatic rings. The molecule has 0 aromatic heterocycles. The van der Waals surface area contributed by atoms with E-state index in [2.05, 4.69) is 15.9 Å². The van der Waals surface area contributed by atoms with Crippen molar-refractivity contribution in [3.05, 3.63) is 27.2 Å². The summed E-state index contributed by atoms with van der Waals surface area (Å²) in [6.45, 7) is 1.87. The first-order valence-corrected chi connectivity index (χ1v) is 5.49. The highest BCUT2D eigenvalue weighted by Gasteiger charge is 2.35. The van der Waals surface area contributed by atoms with Gasteiger partial charge < -0.3 is 9.84 Å². The minimum atomic E-state index is -0.521. The quantitative estimate of drug-likeness (QED) is 0.855. The first kappa shape index (κ1) is 10.3. The fraction of sp³-hybridized carbons (Fsp3) is 0.400. The van der Waals surface area contributed by atoms with Crippen molar-refractivity contribution in [2.75, 3.05) is 6.61 Å². The van der Waals surface area contributed by atoms with Crippen molar-refractivity contribution in [2.45, 2.75) is 18.9 Å². The van der Waals surface area contributed by atoms with Gasteiger partial charge in [0.2, 0.25) is 0 Å². The van der Waals surface area contributed by atoms with E-state index in [1.807, 2.05) is 13.0 Å². The van der Waals surface area contributed by atoms with Crippen LogP contribution in [0, 0.1) is 0 Å². The van der Waals surface area contributed by atoms with Crippen LogP contribution in [0.1, 0.15) is 12.5 Å². The Morgan fingerprint density at radius 1 is 1.64 bits per heavy atom. The molecule has 76 valence electrons. The molecule has 1 aromatic carbocycles. The molecule has 0 bridgehead atoms. The summed E-state index contributed by atoms with van der Waals surface area (Å²) in [5.74, 6) is 0.700. The van der Waals surface area contributed by atoms with Gasteiger partial charge in [0, 0.05) is 16.5 Å². The predicted octanol–water partition coefficient (Wildman–Crippen LogP) is 2.79. The molecule has 0 saturated heterocycles. The molecule has 4 heteroatoms. The van der Waals surface area contributed by atoms with E-state index in [0.717, 1.165) is 10.0 Å².